The summed E-state index contributed by atoms with van der Waals surface area (Å²) in [7, 11) is 0. The fraction of sp³-hybridized carbons (Fsp3) is 0.364. The van der Waals surface area contributed by atoms with E-state index in [1.807, 2.05) is 32.0 Å². The van der Waals surface area contributed by atoms with Gasteiger partial charge in [-0.05, 0) is 49.3 Å². The van der Waals surface area contributed by atoms with Crippen LogP contribution < -0.4 is 16.6 Å². The van der Waals surface area contributed by atoms with E-state index in [9.17, 15) is 14.4 Å². The van der Waals surface area contributed by atoms with Crippen LogP contribution in [0.25, 0.3) is 16.0 Å². The predicted molar refractivity (Wildman–Crippen MR) is 123 cm³/mol. The van der Waals surface area contributed by atoms with Crippen molar-refractivity contribution in [2.75, 3.05) is 11.9 Å². The van der Waals surface area contributed by atoms with E-state index in [1.54, 1.807) is 11.4 Å². The number of thiophene rings is 1. The van der Waals surface area contributed by atoms with Crippen molar-refractivity contribution in [3.05, 3.63) is 61.6 Å². The van der Waals surface area contributed by atoms with Crippen LogP contribution in [0.1, 0.15) is 24.0 Å². The van der Waals surface area contributed by atoms with Gasteiger partial charge in [-0.1, -0.05) is 18.2 Å². The number of ether oxygens (including phenoxy) is 1. The van der Waals surface area contributed by atoms with E-state index in [1.165, 1.54) is 20.3 Å². The minimum absolute atomic E-state index is 0.0958. The van der Waals surface area contributed by atoms with Gasteiger partial charge in [0.15, 0.2) is 0 Å². The van der Waals surface area contributed by atoms with Gasteiger partial charge < -0.3 is 10.1 Å². The summed E-state index contributed by atoms with van der Waals surface area (Å²) in [6.45, 7) is 4.56. The van der Waals surface area contributed by atoms with E-state index < -0.39 is 5.69 Å². The quantitative estimate of drug-likeness (QED) is 0.500. The van der Waals surface area contributed by atoms with Crippen molar-refractivity contribution in [1.29, 1.82) is 0 Å². The third-order valence-electron chi connectivity index (χ3n) is 5.84. The van der Waals surface area contributed by atoms with Crippen LogP contribution in [0.2, 0.25) is 0 Å². The highest BCUT2D eigenvalue weighted by Gasteiger charge is 2.23. The Kier molecular flexibility index (Phi) is 5.18. The van der Waals surface area contributed by atoms with Crippen LogP contribution in [-0.2, 0) is 22.6 Å². The molecule has 4 heterocycles. The molecule has 4 aromatic rings. The largest absolute Gasteiger partial charge is 0.376 e. The van der Waals surface area contributed by atoms with Crippen molar-refractivity contribution >= 4 is 38.9 Å². The number of anilines is 1. The Balaban J connectivity index is 1.56. The Labute approximate surface area is 186 Å². The highest BCUT2D eigenvalue weighted by Crippen LogP contribution is 2.21. The number of nitrogens with one attached hydrogen (secondary N) is 1. The molecule has 0 radical (unpaired) electrons. The summed E-state index contributed by atoms with van der Waals surface area (Å²) in [5.74, 6) is -0.135. The maximum Gasteiger partial charge on any atom is 0.352 e. The minimum Gasteiger partial charge on any atom is -0.376 e. The van der Waals surface area contributed by atoms with Gasteiger partial charge in [-0.15, -0.1) is 16.4 Å². The molecule has 5 rings (SSSR count). The molecule has 32 heavy (non-hydrogen) atoms. The van der Waals surface area contributed by atoms with Crippen LogP contribution in [0.4, 0.5) is 5.69 Å². The first-order valence-corrected chi connectivity index (χ1v) is 11.4. The molecule has 1 aromatic carbocycles. The zero-order chi connectivity index (χ0) is 22.4. The number of rotatable bonds is 5. The fourth-order valence-corrected chi connectivity index (χ4v) is 5.04. The Morgan fingerprint density at radius 1 is 1.25 bits per heavy atom. The Bertz CT molecular complexity index is 1430. The molecule has 1 aliphatic heterocycles. The maximum atomic E-state index is 13.2. The van der Waals surface area contributed by atoms with E-state index in [-0.39, 0.29) is 29.9 Å². The van der Waals surface area contributed by atoms with Crippen molar-refractivity contribution in [1.82, 2.24) is 18.7 Å². The Morgan fingerprint density at radius 2 is 2.03 bits per heavy atom. The molecule has 1 fully saturated rings. The lowest BCUT2D eigenvalue weighted by Gasteiger charge is -2.12. The fourth-order valence-electron chi connectivity index (χ4n) is 4.22. The van der Waals surface area contributed by atoms with Crippen LogP contribution in [0.3, 0.4) is 0 Å². The maximum absolute atomic E-state index is 13.2. The normalized spacial score (nSPS) is 16.2. The molecular weight excluding hydrogens is 430 g/mol. The number of carbonyl (C=O) groups excluding carboxylic acids is 1. The van der Waals surface area contributed by atoms with Crippen molar-refractivity contribution in [2.24, 2.45) is 0 Å². The number of benzene rings is 1. The summed E-state index contributed by atoms with van der Waals surface area (Å²) < 4.78 is 10.2. The van der Waals surface area contributed by atoms with Gasteiger partial charge in [0.1, 0.15) is 11.2 Å². The summed E-state index contributed by atoms with van der Waals surface area (Å²) >= 11 is 1.29. The van der Waals surface area contributed by atoms with Gasteiger partial charge >= 0.3 is 5.69 Å². The zero-order valence-corrected chi connectivity index (χ0v) is 18.6. The third kappa shape index (κ3) is 3.45. The number of amides is 1. The highest BCUT2D eigenvalue weighted by atomic mass is 32.1. The third-order valence-corrected chi connectivity index (χ3v) is 6.73. The number of fused-ring (bicyclic) bond motifs is 3. The standard InChI is InChI=1S/C22H23N5O4S/c1-13-5-3-6-14(2)18(13)23-17(28)12-26-22(30)27-16-8-10-32-19(16)20(29)25(21(27)24-26)11-15-7-4-9-31-15/h3,5-6,8,10,15H,4,7,9,11-12H2,1-2H3,(H,23,28)/t15-/m0/s1. The van der Waals surface area contributed by atoms with Gasteiger partial charge in [0.2, 0.25) is 11.7 Å². The number of para-hydroxylation sites is 1. The molecule has 1 saturated heterocycles. The van der Waals surface area contributed by atoms with Crippen LogP contribution in [-0.4, -0.2) is 37.4 Å². The summed E-state index contributed by atoms with van der Waals surface area (Å²) in [4.78, 5) is 39.1. The molecule has 1 N–H and O–H groups in total. The van der Waals surface area contributed by atoms with Crippen LogP contribution >= 0.6 is 11.3 Å². The monoisotopic (exact) mass is 453 g/mol. The summed E-state index contributed by atoms with van der Waals surface area (Å²) in [5, 5.41) is 9.05. The Hall–Kier alpha value is -3.24. The molecular formula is C22H23N5O4S. The SMILES string of the molecule is Cc1cccc(C)c1NC(=O)Cn1nc2n(C[C@@H]3CCCO3)c(=O)c3sccc3n2c1=O. The smallest absolute Gasteiger partial charge is 0.352 e. The lowest BCUT2D eigenvalue weighted by Crippen LogP contribution is -2.30. The summed E-state index contributed by atoms with van der Waals surface area (Å²) in [6, 6.07) is 7.48. The molecule has 0 bridgehead atoms. The first-order chi connectivity index (χ1) is 15.4. The number of carbonyl (C=O) groups is 1. The van der Waals surface area contributed by atoms with E-state index in [0.29, 0.717) is 23.4 Å². The van der Waals surface area contributed by atoms with Crippen LogP contribution in [0, 0.1) is 13.8 Å². The molecule has 0 unspecified atom stereocenters. The summed E-state index contributed by atoms with van der Waals surface area (Å²) in [5.41, 5.74) is 2.45. The molecule has 0 spiro atoms. The molecule has 9 nitrogen and oxygen atoms in total. The van der Waals surface area contributed by atoms with E-state index in [4.69, 9.17) is 4.74 Å². The van der Waals surface area contributed by atoms with E-state index in [0.717, 1.165) is 34.3 Å². The molecule has 0 aliphatic carbocycles. The lowest BCUT2D eigenvalue weighted by molar-refractivity contribution is -0.117. The predicted octanol–water partition coefficient (Wildman–Crippen LogP) is 2.31. The van der Waals surface area contributed by atoms with Crippen LogP contribution in [0.15, 0.2) is 39.2 Å². The minimum atomic E-state index is -0.457. The average molecular weight is 454 g/mol. The molecule has 1 atom stereocenters. The van der Waals surface area contributed by atoms with Gasteiger partial charge in [0.25, 0.3) is 5.56 Å². The Morgan fingerprint density at radius 3 is 2.75 bits per heavy atom. The molecule has 166 valence electrons. The second kappa shape index (κ2) is 8.03. The summed E-state index contributed by atoms with van der Waals surface area (Å²) in [6.07, 6.45) is 1.70. The number of nitrogens with zero attached hydrogens (tertiary/aromatic N) is 4. The number of aryl methyl sites for hydroxylation is 2. The van der Waals surface area contributed by atoms with E-state index in [2.05, 4.69) is 10.4 Å². The number of hydrogen-bond donors (Lipinski definition) is 1. The number of aromatic nitrogens is 4. The van der Waals surface area contributed by atoms with Crippen molar-refractivity contribution in [3.8, 4) is 0 Å². The second-order valence-corrected chi connectivity index (χ2v) is 8.99. The second-order valence-electron chi connectivity index (χ2n) is 8.08. The van der Waals surface area contributed by atoms with Gasteiger partial charge in [-0.25, -0.2) is 13.9 Å². The molecule has 1 amide bonds. The molecule has 1 aliphatic rings. The van der Waals surface area contributed by atoms with Crippen molar-refractivity contribution < 1.29 is 9.53 Å². The number of hydrogen-bond acceptors (Lipinski definition) is 6. The first-order valence-electron chi connectivity index (χ1n) is 10.5. The van der Waals surface area contributed by atoms with Crippen molar-refractivity contribution in [3.63, 3.8) is 0 Å². The van der Waals surface area contributed by atoms with Gasteiger partial charge in [0.05, 0.1) is 18.2 Å². The molecule has 0 saturated carbocycles. The molecule has 3 aromatic heterocycles. The average Bonchev–Trinajstić information content (AvgIpc) is 3.50. The first kappa shape index (κ1) is 20.7. The zero-order valence-electron chi connectivity index (χ0n) is 17.8. The highest BCUT2D eigenvalue weighted by molar-refractivity contribution is 7.17. The topological polar surface area (TPSA) is 99.6 Å². The van der Waals surface area contributed by atoms with E-state index >= 15 is 0 Å². The molecule has 10 heteroatoms. The van der Waals surface area contributed by atoms with Gasteiger partial charge in [-0.3, -0.25) is 14.2 Å². The van der Waals surface area contributed by atoms with Crippen molar-refractivity contribution in [2.45, 2.75) is 45.9 Å². The van der Waals surface area contributed by atoms with Gasteiger partial charge in [-0.2, -0.15) is 0 Å². The van der Waals surface area contributed by atoms with Gasteiger partial charge in [0, 0.05) is 12.3 Å². The van der Waals surface area contributed by atoms with Crippen LogP contribution in [0.5, 0.6) is 0 Å². The lowest BCUT2D eigenvalue weighted by atomic mass is 10.1.